The first kappa shape index (κ1) is 27.1. The van der Waals surface area contributed by atoms with Crippen LogP contribution in [0.15, 0.2) is 24.3 Å². The molecule has 0 amide bonds. The molecule has 0 aromatic heterocycles. The van der Waals surface area contributed by atoms with Crippen LogP contribution in [0.25, 0.3) is 0 Å². The Kier molecular flexibility index (Phi) is 13.1. The summed E-state index contributed by atoms with van der Waals surface area (Å²) in [6.45, 7) is 0.727. The predicted octanol–water partition coefficient (Wildman–Crippen LogP) is 2.88. The fourth-order valence-electron chi connectivity index (χ4n) is 1.99. The smallest absolute Gasteiger partial charge is 0.481 e. The summed E-state index contributed by atoms with van der Waals surface area (Å²) >= 11 is 0. The monoisotopic (exact) mass is 476 g/mol. The number of aliphatic hydroxyl groups excluding tert-OH is 1. The Hall–Kier alpha value is -1.95. The number of hydrogen-bond donors (Lipinski definition) is 2. The van der Waals surface area contributed by atoms with Gasteiger partial charge in [-0.05, 0) is 18.1 Å². The van der Waals surface area contributed by atoms with Crippen LogP contribution in [0.4, 0.5) is 4.79 Å². The maximum atomic E-state index is 12.4. The van der Waals surface area contributed by atoms with Crippen LogP contribution < -0.4 is 0 Å². The topological polar surface area (TPSA) is 129 Å². The summed E-state index contributed by atoms with van der Waals surface area (Å²) in [5, 5.41) is 18.2. The fraction of sp³-hybridized carbons (Fsp3) is 0.550. The van der Waals surface area contributed by atoms with Gasteiger partial charge in [-0.25, -0.2) is 4.79 Å². The van der Waals surface area contributed by atoms with Crippen molar-refractivity contribution in [2.24, 2.45) is 5.41 Å². The standard InChI is InChI=1S/C20H28O9S2/c1-20(13-21,14-29-19(25)27-9-8-26-2)18(24)28-11-15-3-5-16(6-4-15)12-31-30-10-7-17(22)23/h3-6,21H,7-14H2,1-2H3,(H,22,23). The second kappa shape index (κ2) is 15.0. The van der Waals surface area contributed by atoms with Gasteiger partial charge < -0.3 is 29.2 Å². The number of carbonyl (C=O) groups excluding carboxylic acids is 2. The minimum absolute atomic E-state index is 0.00743. The summed E-state index contributed by atoms with van der Waals surface area (Å²) in [6, 6.07) is 7.45. The van der Waals surface area contributed by atoms with E-state index in [1.165, 1.54) is 24.8 Å². The zero-order valence-corrected chi connectivity index (χ0v) is 19.2. The third kappa shape index (κ3) is 11.3. The van der Waals surface area contributed by atoms with Crippen molar-refractivity contribution in [3.63, 3.8) is 0 Å². The van der Waals surface area contributed by atoms with E-state index in [4.69, 9.17) is 24.1 Å². The van der Waals surface area contributed by atoms with Gasteiger partial charge in [-0.15, -0.1) is 0 Å². The molecule has 2 N–H and O–H groups in total. The molecule has 0 saturated carbocycles. The minimum Gasteiger partial charge on any atom is -0.481 e. The molecule has 0 aliphatic carbocycles. The van der Waals surface area contributed by atoms with Crippen molar-refractivity contribution in [1.82, 2.24) is 0 Å². The molecule has 11 heteroatoms. The Morgan fingerprint density at radius 2 is 1.68 bits per heavy atom. The van der Waals surface area contributed by atoms with Gasteiger partial charge in [0, 0.05) is 18.6 Å². The molecule has 9 nitrogen and oxygen atoms in total. The number of benzene rings is 1. The Bertz CT molecular complexity index is 696. The van der Waals surface area contributed by atoms with E-state index in [1.54, 1.807) is 10.8 Å². The molecule has 1 unspecified atom stereocenters. The van der Waals surface area contributed by atoms with Gasteiger partial charge in [-0.2, -0.15) is 0 Å². The highest BCUT2D eigenvalue weighted by atomic mass is 33.1. The van der Waals surface area contributed by atoms with Crippen molar-refractivity contribution >= 4 is 39.7 Å². The summed E-state index contributed by atoms with van der Waals surface area (Å²) in [5.41, 5.74) is 0.411. The van der Waals surface area contributed by atoms with Crippen molar-refractivity contribution in [3.8, 4) is 0 Å². The van der Waals surface area contributed by atoms with Gasteiger partial charge in [0.15, 0.2) is 0 Å². The molecule has 0 radical (unpaired) electrons. The minimum atomic E-state index is -1.41. The van der Waals surface area contributed by atoms with Crippen molar-refractivity contribution in [3.05, 3.63) is 35.4 Å². The first-order valence-electron chi connectivity index (χ1n) is 9.41. The Morgan fingerprint density at radius 3 is 2.29 bits per heavy atom. The number of carboxylic acid groups (broad SMARTS) is 1. The molecule has 0 aliphatic rings. The number of rotatable bonds is 15. The number of carbonyl (C=O) groups is 3. The zero-order chi connectivity index (χ0) is 23.1. The summed E-state index contributed by atoms with van der Waals surface area (Å²) in [4.78, 5) is 34.3. The molecule has 0 spiro atoms. The van der Waals surface area contributed by atoms with Gasteiger partial charge in [0.1, 0.15) is 25.2 Å². The van der Waals surface area contributed by atoms with Gasteiger partial charge in [-0.1, -0.05) is 45.9 Å². The average molecular weight is 477 g/mol. The number of carboxylic acids is 1. The quantitative estimate of drug-likeness (QED) is 0.220. The lowest BCUT2D eigenvalue weighted by Gasteiger charge is -2.24. The van der Waals surface area contributed by atoms with Gasteiger partial charge in [0.2, 0.25) is 0 Å². The van der Waals surface area contributed by atoms with Gasteiger partial charge in [0.05, 0.1) is 19.6 Å². The first-order valence-corrected chi connectivity index (χ1v) is 11.9. The molecule has 31 heavy (non-hydrogen) atoms. The molecule has 1 rings (SSSR count). The largest absolute Gasteiger partial charge is 0.508 e. The second-order valence-electron chi connectivity index (χ2n) is 6.72. The van der Waals surface area contributed by atoms with Gasteiger partial charge in [0.25, 0.3) is 0 Å². The van der Waals surface area contributed by atoms with E-state index in [2.05, 4.69) is 0 Å². The number of esters is 1. The molecular weight excluding hydrogens is 448 g/mol. The summed E-state index contributed by atoms with van der Waals surface area (Å²) in [6.07, 6.45) is -0.825. The SMILES string of the molecule is COCCOC(=O)OCC(C)(CO)C(=O)OCc1ccc(CSSCCC(=O)O)cc1. The van der Waals surface area contributed by atoms with Crippen LogP contribution in [0, 0.1) is 5.41 Å². The average Bonchev–Trinajstić information content (AvgIpc) is 2.76. The van der Waals surface area contributed by atoms with Crippen molar-refractivity contribution in [1.29, 1.82) is 0 Å². The first-order chi connectivity index (χ1) is 14.8. The maximum absolute atomic E-state index is 12.4. The highest BCUT2D eigenvalue weighted by Gasteiger charge is 2.36. The van der Waals surface area contributed by atoms with Crippen LogP contribution in [0.2, 0.25) is 0 Å². The molecule has 0 saturated heterocycles. The number of hydrogen-bond acceptors (Lipinski definition) is 10. The lowest BCUT2D eigenvalue weighted by Crippen LogP contribution is -2.39. The molecular formula is C20H28O9S2. The van der Waals surface area contributed by atoms with Crippen LogP contribution in [0.3, 0.4) is 0 Å². The van der Waals surface area contributed by atoms with Crippen LogP contribution in [0.5, 0.6) is 0 Å². The molecule has 1 aromatic carbocycles. The van der Waals surface area contributed by atoms with Crippen molar-refractivity contribution in [2.75, 3.05) is 39.3 Å². The van der Waals surface area contributed by atoms with Crippen molar-refractivity contribution in [2.45, 2.75) is 25.7 Å². The Balaban J connectivity index is 2.41. The number of aliphatic carboxylic acids is 1. The van der Waals surface area contributed by atoms with E-state index in [1.807, 2.05) is 24.3 Å². The van der Waals surface area contributed by atoms with Crippen LogP contribution in [-0.4, -0.2) is 67.6 Å². The van der Waals surface area contributed by atoms with E-state index in [-0.39, 0.29) is 32.8 Å². The Morgan fingerprint density at radius 1 is 1.00 bits per heavy atom. The van der Waals surface area contributed by atoms with E-state index >= 15 is 0 Å². The maximum Gasteiger partial charge on any atom is 0.508 e. The molecule has 1 atom stereocenters. The van der Waals surface area contributed by atoms with Crippen LogP contribution >= 0.6 is 21.6 Å². The highest BCUT2D eigenvalue weighted by molar-refractivity contribution is 8.76. The van der Waals surface area contributed by atoms with Crippen LogP contribution in [0.1, 0.15) is 24.5 Å². The number of methoxy groups -OCH3 is 1. The van der Waals surface area contributed by atoms with E-state index in [0.29, 0.717) is 5.75 Å². The van der Waals surface area contributed by atoms with Crippen molar-refractivity contribution < 1.29 is 43.5 Å². The van der Waals surface area contributed by atoms with Gasteiger partial charge in [-0.3, -0.25) is 9.59 Å². The zero-order valence-electron chi connectivity index (χ0n) is 17.5. The predicted molar refractivity (Wildman–Crippen MR) is 117 cm³/mol. The highest BCUT2D eigenvalue weighted by Crippen LogP contribution is 2.26. The molecule has 0 heterocycles. The normalized spacial score (nSPS) is 12.6. The van der Waals surface area contributed by atoms with E-state index in [9.17, 15) is 19.5 Å². The van der Waals surface area contributed by atoms with E-state index in [0.717, 1.165) is 16.9 Å². The molecule has 0 aliphatic heterocycles. The molecule has 174 valence electrons. The van der Waals surface area contributed by atoms with Crippen LogP contribution in [-0.2, 0) is 40.9 Å². The molecule has 0 bridgehead atoms. The summed E-state index contributed by atoms with van der Waals surface area (Å²) in [7, 11) is 4.54. The summed E-state index contributed by atoms with van der Waals surface area (Å²) < 4.78 is 19.7. The summed E-state index contributed by atoms with van der Waals surface area (Å²) in [5.74, 6) is -0.233. The Labute approximate surface area is 189 Å². The fourth-order valence-corrected chi connectivity index (χ4v) is 4.04. The lowest BCUT2D eigenvalue weighted by molar-refractivity contribution is -0.162. The lowest BCUT2D eigenvalue weighted by atomic mass is 9.93. The second-order valence-corrected chi connectivity index (χ2v) is 9.30. The molecule has 1 aromatic rings. The number of ether oxygens (including phenoxy) is 4. The van der Waals surface area contributed by atoms with Gasteiger partial charge >= 0.3 is 18.1 Å². The number of aliphatic hydroxyl groups is 1. The third-order valence-electron chi connectivity index (χ3n) is 3.96. The molecule has 0 fully saturated rings. The van der Waals surface area contributed by atoms with E-state index < -0.39 is 30.1 Å². The third-order valence-corrected chi connectivity index (χ3v) is 6.30.